The van der Waals surface area contributed by atoms with Crippen LogP contribution in [0.5, 0.6) is 11.5 Å². The fraction of sp³-hybridized carbons (Fsp3) is 0.0625. The van der Waals surface area contributed by atoms with E-state index in [1.807, 2.05) is 135 Å². The van der Waals surface area contributed by atoms with Gasteiger partial charge in [0.15, 0.2) is 0 Å². The Bertz CT molecular complexity index is 4760. The second kappa shape index (κ2) is 17.0. The molecule has 0 unspecified atom stereocenters. The normalized spacial score (nSPS) is 14.1. The fourth-order valence-corrected chi connectivity index (χ4v) is 11.0. The minimum absolute atomic E-state index is 0.121. The summed E-state index contributed by atoms with van der Waals surface area (Å²) < 4.78 is 116. The van der Waals surface area contributed by atoms with E-state index in [-0.39, 0.29) is 39.4 Å². The molecule has 0 atom stereocenters. The van der Waals surface area contributed by atoms with E-state index >= 15 is 0 Å². The summed E-state index contributed by atoms with van der Waals surface area (Å²) in [5, 5.41) is 3.88. The van der Waals surface area contributed by atoms with Gasteiger partial charge in [-0.1, -0.05) is 32.9 Å². The first-order valence-corrected chi connectivity index (χ1v) is 24.3. The molecule has 0 spiro atoms. The van der Waals surface area contributed by atoms with Crippen LogP contribution in [0.4, 0.5) is 0 Å². The number of aromatic nitrogens is 5. The Morgan fingerprint density at radius 2 is 0.972 bits per heavy atom. The number of para-hydroxylation sites is 5. The van der Waals surface area contributed by atoms with Gasteiger partial charge < -0.3 is 0 Å². The molecule has 0 aliphatic heterocycles. The van der Waals surface area contributed by atoms with Crippen LogP contribution in [0.3, 0.4) is 0 Å². The van der Waals surface area contributed by atoms with Crippen LogP contribution < -0.4 is 4.74 Å². The summed E-state index contributed by atoms with van der Waals surface area (Å²) in [7, 11) is 0. The first kappa shape index (κ1) is 32.5. The summed E-state index contributed by atoms with van der Waals surface area (Å²) in [5.74, 6) is 1.63. The molecule has 9 aromatic carbocycles. The maximum atomic E-state index is 9.56. The van der Waals surface area contributed by atoms with Gasteiger partial charge in [-0.3, -0.25) is 0 Å². The molecule has 0 N–H and O–H groups in total. The quantitative estimate of drug-likeness (QED) is 0.152. The van der Waals surface area contributed by atoms with E-state index in [0.29, 0.717) is 37.7 Å². The summed E-state index contributed by atoms with van der Waals surface area (Å²) >= 11 is 2.16. The molecule has 4 heterocycles. The molecule has 71 heavy (non-hydrogen) atoms. The van der Waals surface area contributed by atoms with E-state index < -0.39 is 60.4 Å². The Labute approximate surface area is 437 Å². The van der Waals surface area contributed by atoms with Crippen molar-refractivity contribution in [3.63, 3.8) is 0 Å². The molecule has 7 heteroatoms. The fourth-order valence-electron chi connectivity index (χ4n) is 9.94. The van der Waals surface area contributed by atoms with Crippen LogP contribution in [-0.4, -0.2) is 23.3 Å². The number of fused-ring (bicyclic) bond motifs is 7. The number of hydrogen-bond donors (Lipinski definition) is 0. The molecule has 0 saturated carbocycles. The molecule has 0 amide bonds. The van der Waals surface area contributed by atoms with Crippen LogP contribution in [0.15, 0.2) is 230 Å². The van der Waals surface area contributed by atoms with Gasteiger partial charge in [0.25, 0.3) is 0 Å². The number of nitrogens with zero attached hydrogens (tertiary/aromatic N) is 5. The Morgan fingerprint density at radius 1 is 0.451 bits per heavy atom. The summed E-state index contributed by atoms with van der Waals surface area (Å²) in [4.78, 5) is 4.85. The van der Waals surface area contributed by atoms with Crippen molar-refractivity contribution in [2.24, 2.45) is 0 Å². The topological polar surface area (TPSA) is 41.8 Å². The summed E-state index contributed by atoms with van der Waals surface area (Å²) in [6.45, 7) is 6.51. The van der Waals surface area contributed by atoms with Crippen molar-refractivity contribution in [3.05, 3.63) is 240 Å². The molecular formula is C64H47N5OPt. The Morgan fingerprint density at radius 3 is 1.56 bits per heavy atom. The average Bonchev–Trinajstić information content (AvgIpc) is 3.48. The van der Waals surface area contributed by atoms with E-state index in [2.05, 4.69) is 62.9 Å². The number of imidazole rings is 1. The monoisotopic (exact) mass is 1110 g/mol. The zero-order chi connectivity index (χ0) is 57.4. The molecular weight excluding hydrogens is 1050 g/mol. The summed E-state index contributed by atoms with van der Waals surface area (Å²) in [5.41, 5.74) is 6.59. The van der Waals surface area contributed by atoms with E-state index in [1.54, 1.807) is 24.3 Å². The van der Waals surface area contributed by atoms with Crippen molar-refractivity contribution < 1.29 is 39.2 Å². The second-order valence-corrected chi connectivity index (χ2v) is 19.4. The standard InChI is InChI=1S/C64H47N5O.Pt/c1-64(2,3)45-35-36-65-62(37-45)69-58-30-15-12-27-52(58)53-34-33-49(41-61(53)69)70-48-24-18-23-46(38-48)66-42-67(60-32-17-16-31-59(60)66)63-54(43-19-6-4-7-20-43)39-47(40-55(63)44-21-8-5-9-22-44)68-56-28-13-10-25-50(56)51-26-11-14-29-57(51)68;/h4-41H,1-3H3;/i4D,5D,6D,7D,8D,9D,18D,19D,20D,21D,22D;. The van der Waals surface area contributed by atoms with Crippen molar-refractivity contribution in [2.45, 2.75) is 26.2 Å². The maximum absolute atomic E-state index is 9.56. The van der Waals surface area contributed by atoms with E-state index in [1.165, 1.54) is 0 Å². The minimum atomic E-state index is -0.595. The van der Waals surface area contributed by atoms with E-state index in [4.69, 9.17) is 17.9 Å². The number of rotatable bonds is 8. The third-order valence-electron chi connectivity index (χ3n) is 13.1. The van der Waals surface area contributed by atoms with Gasteiger partial charge in [0, 0.05) is 6.20 Å². The summed E-state index contributed by atoms with van der Waals surface area (Å²) in [6, 6.07) is 44.5. The van der Waals surface area contributed by atoms with E-state index in [9.17, 15) is 6.85 Å². The van der Waals surface area contributed by atoms with Gasteiger partial charge in [-0.2, -0.15) is 0 Å². The van der Waals surface area contributed by atoms with Crippen LogP contribution in [0.1, 0.15) is 41.4 Å². The Hall–Kier alpha value is -8.31. The van der Waals surface area contributed by atoms with Crippen LogP contribution >= 0.6 is 0 Å². The van der Waals surface area contributed by atoms with Gasteiger partial charge in [-0.25, -0.2) is 0 Å². The zero-order valence-electron chi connectivity index (χ0n) is 49.5. The van der Waals surface area contributed by atoms with Gasteiger partial charge >= 0.3 is 383 Å². The SMILES string of the molecule is [2H]c1cc(Oc2ccc3c4ccccc4n(-c4cc(C(C)(C)C)ccn4)c3c2)cc(-n2[c](=[Pt])n(-c3c(-c4c([2H])c([2H])c([2H])c([2H])c4[2H])cc(-n4c5ccccc5c5ccccc54)cc3-c3c([2H])c([2H])c([2H])c([2H])c3[2H])c3ccccc32)c1. The molecule has 6 nitrogen and oxygen atoms in total. The summed E-state index contributed by atoms with van der Waals surface area (Å²) in [6.07, 6.45) is 1.84. The Balaban J connectivity index is 1.08. The molecule has 4 aromatic heterocycles. The number of benzene rings is 9. The predicted molar refractivity (Wildman–Crippen MR) is 288 cm³/mol. The van der Waals surface area contributed by atoms with E-state index in [0.717, 1.165) is 55.0 Å². The third kappa shape index (κ3) is 7.20. The van der Waals surface area contributed by atoms with Crippen LogP contribution in [0, 0.1) is 3.80 Å². The molecule has 13 rings (SSSR count). The van der Waals surface area contributed by atoms with Crippen molar-refractivity contribution in [1.29, 1.82) is 0 Å². The van der Waals surface area contributed by atoms with Crippen LogP contribution in [0.25, 0.3) is 99.8 Å². The van der Waals surface area contributed by atoms with Gasteiger partial charge in [-0.15, -0.1) is 0 Å². The van der Waals surface area contributed by atoms with Crippen molar-refractivity contribution in [2.75, 3.05) is 0 Å². The molecule has 0 saturated heterocycles. The van der Waals surface area contributed by atoms with Crippen LogP contribution in [0.2, 0.25) is 0 Å². The van der Waals surface area contributed by atoms with Gasteiger partial charge in [0.2, 0.25) is 0 Å². The molecule has 0 aliphatic rings. The molecule has 13 aromatic rings. The average molecular weight is 1110 g/mol. The molecule has 0 bridgehead atoms. The zero-order valence-corrected chi connectivity index (χ0v) is 40.8. The number of ether oxygens (including phenoxy) is 1. The molecule has 0 aliphatic carbocycles. The van der Waals surface area contributed by atoms with Crippen molar-refractivity contribution in [3.8, 4) is 56.6 Å². The predicted octanol–water partition coefficient (Wildman–Crippen LogP) is 16.5. The van der Waals surface area contributed by atoms with Crippen LogP contribution in [-0.2, 0) is 24.8 Å². The third-order valence-corrected chi connectivity index (χ3v) is 14.1. The molecule has 344 valence electrons. The number of hydrogen-bond acceptors (Lipinski definition) is 2. The first-order valence-electron chi connectivity index (χ1n) is 28.6. The van der Waals surface area contributed by atoms with Gasteiger partial charge in [0.05, 0.1) is 0 Å². The van der Waals surface area contributed by atoms with Gasteiger partial charge in [0.1, 0.15) is 0 Å². The Kier molecular flexibility index (Phi) is 7.77. The van der Waals surface area contributed by atoms with Crippen molar-refractivity contribution >= 4 is 54.6 Å². The second-order valence-electron chi connectivity index (χ2n) is 18.4. The van der Waals surface area contributed by atoms with Gasteiger partial charge in [-0.05, 0) is 17.0 Å². The number of pyridine rings is 1. The molecule has 0 fully saturated rings. The van der Waals surface area contributed by atoms with Crippen molar-refractivity contribution in [1.82, 2.24) is 23.3 Å². The molecule has 0 radical (unpaired) electrons. The first-order chi connectivity index (χ1) is 39.3.